The smallest absolute Gasteiger partial charge is 0.337 e. The molecule has 0 spiro atoms. The van der Waals surface area contributed by atoms with Gasteiger partial charge in [0.05, 0.1) is 18.7 Å². The third kappa shape index (κ3) is 3.31. The van der Waals surface area contributed by atoms with Crippen LogP contribution in [0.5, 0.6) is 0 Å². The molecule has 0 radical (unpaired) electrons. The van der Waals surface area contributed by atoms with Crippen molar-refractivity contribution in [3.63, 3.8) is 0 Å². The van der Waals surface area contributed by atoms with Crippen LogP contribution in [0.2, 0.25) is 0 Å². The molecule has 1 fully saturated rings. The van der Waals surface area contributed by atoms with Gasteiger partial charge in [-0.3, -0.25) is 4.79 Å². The van der Waals surface area contributed by atoms with Crippen molar-refractivity contribution in [2.45, 2.75) is 18.9 Å². The summed E-state index contributed by atoms with van der Waals surface area (Å²) in [5.74, 6) is 1.90. The van der Waals surface area contributed by atoms with Gasteiger partial charge in [-0.2, -0.15) is 0 Å². The first-order chi connectivity index (χ1) is 13.6. The molecule has 0 saturated carbocycles. The number of esters is 1. The summed E-state index contributed by atoms with van der Waals surface area (Å²) in [6.07, 6.45) is 5.00. The van der Waals surface area contributed by atoms with E-state index in [1.807, 2.05) is 37.5 Å². The Hall–Kier alpha value is -3.35. The van der Waals surface area contributed by atoms with Gasteiger partial charge >= 0.3 is 5.97 Å². The highest BCUT2D eigenvalue weighted by Gasteiger charge is 2.26. The zero-order valence-electron chi connectivity index (χ0n) is 15.8. The highest BCUT2D eigenvalue weighted by Crippen LogP contribution is 2.31. The van der Waals surface area contributed by atoms with Crippen LogP contribution in [0.4, 0.5) is 0 Å². The molecule has 7 nitrogen and oxygen atoms in total. The number of likely N-dealkylation sites (N-methyl/N-ethyl adjacent to an activating group) is 1. The third-order valence-electron chi connectivity index (χ3n) is 5.08. The lowest BCUT2D eigenvalue weighted by molar-refractivity contribution is -0.132. The second kappa shape index (κ2) is 7.34. The second-order valence-electron chi connectivity index (χ2n) is 6.86. The second-order valence-corrected chi connectivity index (χ2v) is 6.86. The van der Waals surface area contributed by atoms with Crippen molar-refractivity contribution < 1.29 is 18.7 Å². The zero-order chi connectivity index (χ0) is 19.7. The van der Waals surface area contributed by atoms with Crippen LogP contribution >= 0.6 is 0 Å². The van der Waals surface area contributed by atoms with Gasteiger partial charge in [0.15, 0.2) is 11.6 Å². The number of methoxy groups -OCH3 is 1. The molecule has 3 aromatic rings. The van der Waals surface area contributed by atoms with E-state index in [0.29, 0.717) is 30.0 Å². The Bertz CT molecular complexity index is 1000. The van der Waals surface area contributed by atoms with Crippen molar-refractivity contribution in [1.29, 1.82) is 0 Å². The number of hydrogen-bond donors (Lipinski definition) is 0. The Balaban J connectivity index is 1.58. The molecule has 2 aromatic heterocycles. The van der Waals surface area contributed by atoms with Gasteiger partial charge in [-0.25, -0.2) is 9.78 Å². The number of amides is 1. The number of carbonyl (C=O) groups is 2. The lowest BCUT2D eigenvalue weighted by Crippen LogP contribution is -2.37. The molecule has 0 unspecified atom stereocenters. The quantitative estimate of drug-likeness (QED) is 0.650. The van der Waals surface area contributed by atoms with Crippen molar-refractivity contribution in [2.75, 3.05) is 20.7 Å². The predicted molar refractivity (Wildman–Crippen MR) is 103 cm³/mol. The van der Waals surface area contributed by atoms with Gasteiger partial charge < -0.3 is 18.6 Å². The average molecular weight is 379 g/mol. The highest BCUT2D eigenvalue weighted by atomic mass is 16.5. The van der Waals surface area contributed by atoms with Crippen LogP contribution in [0.3, 0.4) is 0 Å². The first-order valence-electron chi connectivity index (χ1n) is 9.12. The van der Waals surface area contributed by atoms with Crippen molar-refractivity contribution in [3.8, 4) is 22.9 Å². The van der Waals surface area contributed by atoms with Crippen LogP contribution < -0.4 is 0 Å². The molecule has 1 aromatic carbocycles. The maximum absolute atomic E-state index is 11.8. The molecule has 3 heterocycles. The van der Waals surface area contributed by atoms with Crippen molar-refractivity contribution in [1.82, 2.24) is 14.5 Å². The minimum Gasteiger partial charge on any atom is -0.465 e. The Kier molecular flexibility index (Phi) is 4.73. The van der Waals surface area contributed by atoms with Crippen LogP contribution in [-0.4, -0.2) is 47.0 Å². The topological polar surface area (TPSA) is 77.6 Å². The van der Waals surface area contributed by atoms with E-state index in [1.165, 1.54) is 7.11 Å². The first kappa shape index (κ1) is 18.0. The number of aromatic nitrogens is 2. The molecule has 4 rings (SSSR count). The van der Waals surface area contributed by atoms with E-state index in [4.69, 9.17) is 9.15 Å². The minimum absolute atomic E-state index is 0.174. The van der Waals surface area contributed by atoms with Crippen molar-refractivity contribution in [3.05, 3.63) is 54.4 Å². The van der Waals surface area contributed by atoms with Gasteiger partial charge in [-0.15, -0.1) is 0 Å². The fourth-order valence-corrected chi connectivity index (χ4v) is 3.52. The lowest BCUT2D eigenvalue weighted by atomic mass is 10.1. The molecule has 28 heavy (non-hydrogen) atoms. The van der Waals surface area contributed by atoms with Gasteiger partial charge in [0.1, 0.15) is 5.76 Å². The van der Waals surface area contributed by atoms with E-state index in [2.05, 4.69) is 9.55 Å². The van der Waals surface area contributed by atoms with Gasteiger partial charge in [0.25, 0.3) is 0 Å². The van der Waals surface area contributed by atoms with E-state index in [-0.39, 0.29) is 17.9 Å². The van der Waals surface area contributed by atoms with E-state index < -0.39 is 0 Å². The Morgan fingerprint density at radius 1 is 1.18 bits per heavy atom. The van der Waals surface area contributed by atoms with Crippen LogP contribution in [0.25, 0.3) is 22.9 Å². The average Bonchev–Trinajstić information content (AvgIpc) is 3.39. The fraction of sp³-hybridized carbons (Fsp3) is 0.286. The Morgan fingerprint density at radius 2 is 1.93 bits per heavy atom. The summed E-state index contributed by atoms with van der Waals surface area (Å²) in [6, 6.07) is 11.0. The molecule has 7 heteroatoms. The molecule has 1 aliphatic heterocycles. The molecule has 1 atom stereocenters. The molecule has 1 saturated heterocycles. The number of imidazole rings is 1. The number of ether oxygens (including phenoxy) is 1. The number of piperidine rings is 1. The maximum atomic E-state index is 11.8. The van der Waals surface area contributed by atoms with Crippen molar-refractivity contribution >= 4 is 11.9 Å². The van der Waals surface area contributed by atoms with E-state index in [0.717, 1.165) is 17.8 Å². The summed E-state index contributed by atoms with van der Waals surface area (Å²) >= 11 is 0. The predicted octanol–water partition coefficient (Wildman–Crippen LogP) is 3.39. The van der Waals surface area contributed by atoms with E-state index in [1.54, 1.807) is 23.2 Å². The Morgan fingerprint density at radius 3 is 2.64 bits per heavy atom. The number of benzene rings is 1. The van der Waals surface area contributed by atoms with E-state index >= 15 is 0 Å². The van der Waals surface area contributed by atoms with Gasteiger partial charge in [0.2, 0.25) is 5.91 Å². The Labute approximate surface area is 162 Å². The number of hydrogen-bond acceptors (Lipinski definition) is 5. The van der Waals surface area contributed by atoms with Crippen LogP contribution in [0, 0.1) is 0 Å². The highest BCUT2D eigenvalue weighted by molar-refractivity contribution is 5.89. The molecule has 0 bridgehead atoms. The largest absolute Gasteiger partial charge is 0.465 e. The minimum atomic E-state index is -0.371. The number of likely N-dealkylation sites (tertiary alicyclic amines) is 1. The van der Waals surface area contributed by atoms with Crippen LogP contribution in [0.1, 0.15) is 29.2 Å². The molecule has 0 aliphatic carbocycles. The lowest BCUT2D eigenvalue weighted by Gasteiger charge is -2.31. The molecule has 0 N–H and O–H groups in total. The number of furan rings is 1. The summed E-state index contributed by atoms with van der Waals surface area (Å²) in [6.45, 7) is 0.657. The molecule has 1 amide bonds. The maximum Gasteiger partial charge on any atom is 0.337 e. The standard InChI is InChI=1S/C21H21N3O4/c1-23-13-16(7-10-19(23)25)24-12-11-22-20(24)18-9-8-17(28-18)14-3-5-15(6-4-14)21(26)27-2/h3-6,8-9,11-12,16H,7,10,13H2,1-2H3/t16-/m1/s1. The SMILES string of the molecule is COC(=O)c1ccc(-c2ccc(-c3nccn3[C@@H]3CCC(=O)N(C)C3)o2)cc1. The number of rotatable bonds is 4. The summed E-state index contributed by atoms with van der Waals surface area (Å²) in [7, 11) is 3.19. The summed E-state index contributed by atoms with van der Waals surface area (Å²) in [4.78, 5) is 29.6. The van der Waals surface area contributed by atoms with Crippen molar-refractivity contribution in [2.24, 2.45) is 0 Å². The van der Waals surface area contributed by atoms with Gasteiger partial charge in [-0.1, -0.05) is 12.1 Å². The fourth-order valence-electron chi connectivity index (χ4n) is 3.52. The monoisotopic (exact) mass is 379 g/mol. The zero-order valence-corrected chi connectivity index (χ0v) is 15.8. The number of nitrogens with zero attached hydrogens (tertiary/aromatic N) is 3. The molecular weight excluding hydrogens is 358 g/mol. The number of carbonyl (C=O) groups excluding carboxylic acids is 2. The summed E-state index contributed by atoms with van der Waals surface area (Å²) < 4.78 is 12.8. The van der Waals surface area contributed by atoms with Crippen LogP contribution in [-0.2, 0) is 9.53 Å². The summed E-state index contributed by atoms with van der Waals surface area (Å²) in [5.41, 5.74) is 1.35. The summed E-state index contributed by atoms with van der Waals surface area (Å²) in [5, 5.41) is 0. The van der Waals surface area contributed by atoms with Gasteiger partial charge in [0, 0.05) is 38.0 Å². The molecular formula is C21H21N3O4. The normalized spacial score (nSPS) is 17.0. The molecule has 144 valence electrons. The van der Waals surface area contributed by atoms with Crippen LogP contribution in [0.15, 0.2) is 53.2 Å². The van der Waals surface area contributed by atoms with E-state index in [9.17, 15) is 9.59 Å². The third-order valence-corrected chi connectivity index (χ3v) is 5.08. The van der Waals surface area contributed by atoms with Gasteiger partial charge in [-0.05, 0) is 30.7 Å². The molecule has 1 aliphatic rings. The first-order valence-corrected chi connectivity index (χ1v) is 9.12.